The largest absolute Gasteiger partial charge is 0.378 e. The molecule has 1 N–H and O–H groups in total. The number of nitrogens with one attached hydrogen (secondary N) is 1. The number of fused-ring (bicyclic) bond motifs is 1. The summed E-state index contributed by atoms with van der Waals surface area (Å²) in [5.41, 5.74) is 3.55. The van der Waals surface area contributed by atoms with E-state index in [1.165, 1.54) is 5.69 Å². The van der Waals surface area contributed by atoms with Crippen molar-refractivity contribution in [2.75, 3.05) is 31.2 Å². The van der Waals surface area contributed by atoms with Crippen molar-refractivity contribution in [3.63, 3.8) is 0 Å². The standard InChI is InChI=1S/C18H17N3O2/c22-18-15-2-1-7-19-17(15)12-16(20-18)13-3-5-14(6-4-13)21-8-10-23-11-9-21/h1-7,12H,8-11H2,(H,20,22). The van der Waals surface area contributed by atoms with E-state index >= 15 is 0 Å². The summed E-state index contributed by atoms with van der Waals surface area (Å²) in [5, 5.41) is 0.612. The van der Waals surface area contributed by atoms with Crippen LogP contribution in [0.1, 0.15) is 0 Å². The van der Waals surface area contributed by atoms with Gasteiger partial charge < -0.3 is 14.6 Å². The van der Waals surface area contributed by atoms with Crippen molar-refractivity contribution in [2.24, 2.45) is 0 Å². The lowest BCUT2D eigenvalue weighted by Crippen LogP contribution is -2.36. The number of aromatic amines is 1. The zero-order chi connectivity index (χ0) is 15.6. The molecule has 0 atom stereocenters. The monoisotopic (exact) mass is 307 g/mol. The quantitative estimate of drug-likeness (QED) is 0.790. The maximum Gasteiger partial charge on any atom is 0.257 e. The van der Waals surface area contributed by atoms with Gasteiger partial charge in [0.05, 0.1) is 29.8 Å². The Hall–Kier alpha value is -2.66. The summed E-state index contributed by atoms with van der Waals surface area (Å²) in [5.74, 6) is 0. The van der Waals surface area contributed by atoms with Gasteiger partial charge in [0.15, 0.2) is 0 Å². The highest BCUT2D eigenvalue weighted by atomic mass is 16.5. The molecular weight excluding hydrogens is 290 g/mol. The second kappa shape index (κ2) is 5.85. The van der Waals surface area contributed by atoms with Crippen LogP contribution in [0, 0.1) is 0 Å². The summed E-state index contributed by atoms with van der Waals surface area (Å²) in [6, 6.07) is 13.7. The van der Waals surface area contributed by atoms with Crippen molar-refractivity contribution >= 4 is 16.6 Å². The lowest BCUT2D eigenvalue weighted by atomic mass is 10.1. The molecule has 5 nitrogen and oxygen atoms in total. The van der Waals surface area contributed by atoms with Crippen molar-refractivity contribution in [1.82, 2.24) is 9.97 Å². The molecule has 1 aromatic carbocycles. The van der Waals surface area contributed by atoms with Crippen molar-refractivity contribution in [1.29, 1.82) is 0 Å². The molecule has 3 aromatic rings. The molecule has 2 aromatic heterocycles. The van der Waals surface area contributed by atoms with Gasteiger partial charge in [-0.3, -0.25) is 9.78 Å². The van der Waals surface area contributed by atoms with Gasteiger partial charge in [-0.15, -0.1) is 0 Å². The Balaban J connectivity index is 1.69. The number of hydrogen-bond acceptors (Lipinski definition) is 4. The number of anilines is 1. The van der Waals surface area contributed by atoms with Crippen LogP contribution >= 0.6 is 0 Å². The molecule has 116 valence electrons. The van der Waals surface area contributed by atoms with Gasteiger partial charge in [0, 0.05) is 25.0 Å². The number of H-pyrrole nitrogens is 1. The number of aromatic nitrogens is 2. The van der Waals surface area contributed by atoms with E-state index in [4.69, 9.17) is 4.74 Å². The number of benzene rings is 1. The van der Waals surface area contributed by atoms with Gasteiger partial charge in [-0.1, -0.05) is 12.1 Å². The molecule has 1 saturated heterocycles. The van der Waals surface area contributed by atoms with Crippen LogP contribution in [-0.4, -0.2) is 36.3 Å². The molecule has 1 fully saturated rings. The van der Waals surface area contributed by atoms with Crippen LogP contribution < -0.4 is 10.5 Å². The van der Waals surface area contributed by atoms with Crippen molar-refractivity contribution in [2.45, 2.75) is 0 Å². The summed E-state index contributed by atoms with van der Waals surface area (Å²) in [6.45, 7) is 3.36. The Kier molecular flexibility index (Phi) is 3.55. The maximum atomic E-state index is 12.2. The topological polar surface area (TPSA) is 58.2 Å². The van der Waals surface area contributed by atoms with Gasteiger partial charge in [-0.05, 0) is 35.9 Å². The smallest absolute Gasteiger partial charge is 0.257 e. The lowest BCUT2D eigenvalue weighted by molar-refractivity contribution is 0.122. The Labute approximate surface area is 133 Å². The minimum atomic E-state index is -0.108. The Bertz CT molecular complexity index is 881. The summed E-state index contributed by atoms with van der Waals surface area (Å²) in [4.78, 5) is 21.7. The van der Waals surface area contributed by atoms with Crippen LogP contribution in [-0.2, 0) is 4.74 Å². The number of hydrogen-bond donors (Lipinski definition) is 1. The first-order chi connectivity index (χ1) is 11.3. The number of rotatable bonds is 2. The van der Waals surface area contributed by atoms with Crippen LogP contribution in [0.4, 0.5) is 5.69 Å². The van der Waals surface area contributed by atoms with Gasteiger partial charge in [0.25, 0.3) is 5.56 Å². The third-order valence-electron chi connectivity index (χ3n) is 4.17. The Morgan fingerprint density at radius 3 is 2.65 bits per heavy atom. The van der Waals surface area contributed by atoms with E-state index in [9.17, 15) is 4.79 Å². The van der Waals surface area contributed by atoms with E-state index in [0.29, 0.717) is 10.9 Å². The highest BCUT2D eigenvalue weighted by Gasteiger charge is 2.11. The first-order valence-corrected chi connectivity index (χ1v) is 7.72. The molecule has 0 unspecified atom stereocenters. The molecule has 0 saturated carbocycles. The molecule has 1 aliphatic rings. The van der Waals surface area contributed by atoms with Crippen molar-refractivity contribution in [3.05, 3.63) is 59.0 Å². The fourth-order valence-electron chi connectivity index (χ4n) is 2.92. The number of morpholine rings is 1. The van der Waals surface area contributed by atoms with E-state index in [-0.39, 0.29) is 5.56 Å². The highest BCUT2D eigenvalue weighted by Crippen LogP contribution is 2.23. The SMILES string of the molecule is O=c1[nH]c(-c2ccc(N3CCOCC3)cc2)cc2ncccc12. The van der Waals surface area contributed by atoms with Gasteiger partial charge >= 0.3 is 0 Å². The van der Waals surface area contributed by atoms with Gasteiger partial charge in [-0.2, -0.15) is 0 Å². The molecule has 1 aliphatic heterocycles. The number of pyridine rings is 2. The normalized spacial score (nSPS) is 15.0. The molecule has 5 heteroatoms. The molecule has 3 heterocycles. The molecule has 0 aliphatic carbocycles. The van der Waals surface area contributed by atoms with Gasteiger partial charge in [-0.25, -0.2) is 0 Å². The molecule has 4 rings (SSSR count). The predicted molar refractivity (Wildman–Crippen MR) is 90.8 cm³/mol. The van der Waals surface area contributed by atoms with E-state index in [2.05, 4.69) is 27.0 Å². The van der Waals surface area contributed by atoms with Crippen LogP contribution in [0.15, 0.2) is 53.5 Å². The zero-order valence-corrected chi connectivity index (χ0v) is 12.7. The molecule has 23 heavy (non-hydrogen) atoms. The third kappa shape index (κ3) is 2.71. The number of ether oxygens (including phenoxy) is 1. The minimum Gasteiger partial charge on any atom is -0.378 e. The molecule has 0 spiro atoms. The summed E-state index contributed by atoms with van der Waals surface area (Å²) in [7, 11) is 0. The van der Waals surface area contributed by atoms with E-state index in [1.54, 1.807) is 18.3 Å². The maximum absolute atomic E-state index is 12.2. The molecule has 0 bridgehead atoms. The second-order valence-electron chi connectivity index (χ2n) is 5.59. The molecular formula is C18H17N3O2. The average Bonchev–Trinajstić information content (AvgIpc) is 2.63. The summed E-state index contributed by atoms with van der Waals surface area (Å²) < 4.78 is 5.38. The van der Waals surface area contributed by atoms with Gasteiger partial charge in [0.1, 0.15) is 0 Å². The average molecular weight is 307 g/mol. The second-order valence-corrected chi connectivity index (χ2v) is 5.59. The Morgan fingerprint density at radius 2 is 1.87 bits per heavy atom. The predicted octanol–water partition coefficient (Wildman–Crippen LogP) is 2.43. The zero-order valence-electron chi connectivity index (χ0n) is 12.7. The third-order valence-corrected chi connectivity index (χ3v) is 4.17. The fraction of sp³-hybridized carbons (Fsp3) is 0.222. The van der Waals surface area contributed by atoms with Crippen LogP contribution in [0.3, 0.4) is 0 Å². The van der Waals surface area contributed by atoms with Crippen LogP contribution in [0.2, 0.25) is 0 Å². The Morgan fingerprint density at radius 1 is 1.09 bits per heavy atom. The first kappa shape index (κ1) is 14.0. The van der Waals surface area contributed by atoms with E-state index in [1.807, 2.05) is 18.2 Å². The van der Waals surface area contributed by atoms with E-state index in [0.717, 1.165) is 37.6 Å². The van der Waals surface area contributed by atoms with Crippen molar-refractivity contribution < 1.29 is 4.74 Å². The van der Waals surface area contributed by atoms with Crippen LogP contribution in [0.25, 0.3) is 22.2 Å². The molecule has 0 radical (unpaired) electrons. The van der Waals surface area contributed by atoms with E-state index < -0.39 is 0 Å². The lowest BCUT2D eigenvalue weighted by Gasteiger charge is -2.28. The van der Waals surface area contributed by atoms with Crippen LogP contribution in [0.5, 0.6) is 0 Å². The highest BCUT2D eigenvalue weighted by molar-refractivity contribution is 5.81. The van der Waals surface area contributed by atoms with Gasteiger partial charge in [0.2, 0.25) is 0 Å². The summed E-state index contributed by atoms with van der Waals surface area (Å²) in [6.07, 6.45) is 1.70. The minimum absolute atomic E-state index is 0.108. The molecule has 0 amide bonds. The first-order valence-electron chi connectivity index (χ1n) is 7.72. The van der Waals surface area contributed by atoms with Crippen molar-refractivity contribution in [3.8, 4) is 11.3 Å². The summed E-state index contributed by atoms with van der Waals surface area (Å²) >= 11 is 0. The number of nitrogens with zero attached hydrogens (tertiary/aromatic N) is 2. The fourth-order valence-corrected chi connectivity index (χ4v) is 2.92.